The first kappa shape index (κ1) is 23.0. The number of halogens is 2. The van der Waals surface area contributed by atoms with Crippen molar-refractivity contribution in [2.24, 2.45) is 5.73 Å². The quantitative estimate of drug-likeness (QED) is 0.645. The second-order valence-corrected chi connectivity index (χ2v) is 10.4. The Hall–Kier alpha value is -1.69. The van der Waals surface area contributed by atoms with Crippen LogP contribution < -0.4 is 11.1 Å². The summed E-state index contributed by atoms with van der Waals surface area (Å²) in [5.41, 5.74) is 5.57. The number of carbonyl (C=O) groups excluding carboxylic acids is 2. The average molecular weight is 491 g/mol. The van der Waals surface area contributed by atoms with Gasteiger partial charge >= 0.3 is 0 Å². The first-order valence-electron chi connectivity index (χ1n) is 8.98. The second kappa shape index (κ2) is 9.21. The Balaban J connectivity index is 1.63. The molecule has 2 amide bonds. The number of benzene rings is 1. The van der Waals surface area contributed by atoms with Crippen LogP contribution in [0, 0.1) is 0 Å². The number of amides is 2. The third-order valence-corrected chi connectivity index (χ3v) is 8.36. The smallest absolute Gasteiger partial charge is 0.251 e. The molecule has 8 nitrogen and oxygen atoms in total. The van der Waals surface area contributed by atoms with Crippen LogP contribution in [0.15, 0.2) is 34.5 Å². The average Bonchev–Trinajstić information content (AvgIpc) is 3.18. The predicted octanol–water partition coefficient (Wildman–Crippen LogP) is 2.49. The molecule has 12 heteroatoms. The maximum absolute atomic E-state index is 12.9. The standard InChI is InChI=1S/C18H20Cl2N4O4S2/c1-11(17(26)22-18-13(16(21)25)4-9-29-18)23-5-7-24(8-6-23)30(27,28)12-2-3-14(19)15(20)10-12/h2-4,9-11H,5-8H2,1H3,(H2,21,25)(H,22,26)/t11-/m0/s1. The van der Waals surface area contributed by atoms with Crippen LogP contribution in [0.3, 0.4) is 0 Å². The normalized spacial score (nSPS) is 16.9. The highest BCUT2D eigenvalue weighted by Crippen LogP contribution is 2.27. The molecule has 0 bridgehead atoms. The molecule has 30 heavy (non-hydrogen) atoms. The molecule has 1 fully saturated rings. The fourth-order valence-electron chi connectivity index (χ4n) is 3.10. The van der Waals surface area contributed by atoms with Crippen molar-refractivity contribution in [2.45, 2.75) is 17.9 Å². The van der Waals surface area contributed by atoms with Crippen molar-refractivity contribution in [3.05, 3.63) is 45.3 Å². The van der Waals surface area contributed by atoms with Gasteiger partial charge in [-0.2, -0.15) is 4.31 Å². The van der Waals surface area contributed by atoms with E-state index in [4.69, 9.17) is 28.9 Å². The number of nitrogens with one attached hydrogen (secondary N) is 1. The summed E-state index contributed by atoms with van der Waals surface area (Å²) in [7, 11) is -3.71. The molecular weight excluding hydrogens is 471 g/mol. The number of hydrogen-bond donors (Lipinski definition) is 2. The molecule has 1 aromatic heterocycles. The van der Waals surface area contributed by atoms with Crippen molar-refractivity contribution in [1.29, 1.82) is 0 Å². The summed E-state index contributed by atoms with van der Waals surface area (Å²) in [5, 5.41) is 5.26. The second-order valence-electron chi connectivity index (χ2n) is 6.71. The van der Waals surface area contributed by atoms with Crippen molar-refractivity contribution in [3.8, 4) is 0 Å². The van der Waals surface area contributed by atoms with Gasteiger partial charge in [0.2, 0.25) is 15.9 Å². The van der Waals surface area contributed by atoms with Gasteiger partial charge in [0.25, 0.3) is 5.91 Å². The molecule has 2 aromatic rings. The molecular formula is C18H20Cl2N4O4S2. The van der Waals surface area contributed by atoms with Gasteiger partial charge in [0.1, 0.15) is 5.00 Å². The zero-order valence-corrected chi connectivity index (χ0v) is 19.1. The monoisotopic (exact) mass is 490 g/mol. The van der Waals surface area contributed by atoms with Crippen LogP contribution in [-0.4, -0.2) is 61.7 Å². The van der Waals surface area contributed by atoms with Gasteiger partial charge in [-0.1, -0.05) is 23.2 Å². The van der Waals surface area contributed by atoms with Crippen molar-refractivity contribution in [1.82, 2.24) is 9.21 Å². The summed E-state index contributed by atoms with van der Waals surface area (Å²) >= 11 is 13.0. The lowest BCUT2D eigenvalue weighted by molar-refractivity contribution is -0.121. The van der Waals surface area contributed by atoms with Crippen LogP contribution in [0.1, 0.15) is 17.3 Å². The molecule has 2 heterocycles. The molecule has 0 saturated carbocycles. The predicted molar refractivity (Wildman–Crippen MR) is 118 cm³/mol. The zero-order chi connectivity index (χ0) is 22.1. The van der Waals surface area contributed by atoms with Gasteiger partial charge in [-0.3, -0.25) is 14.5 Å². The lowest BCUT2D eigenvalue weighted by atomic mass is 10.2. The molecule has 1 atom stereocenters. The van der Waals surface area contributed by atoms with Gasteiger partial charge in [-0.15, -0.1) is 11.3 Å². The summed E-state index contributed by atoms with van der Waals surface area (Å²) in [6, 6.07) is 5.25. The lowest BCUT2D eigenvalue weighted by Crippen LogP contribution is -2.53. The van der Waals surface area contributed by atoms with Crippen LogP contribution in [0.2, 0.25) is 10.0 Å². The van der Waals surface area contributed by atoms with E-state index in [1.165, 1.54) is 33.8 Å². The number of carbonyl (C=O) groups is 2. The van der Waals surface area contributed by atoms with Crippen LogP contribution in [0.4, 0.5) is 5.00 Å². The third-order valence-electron chi connectivity index (χ3n) is 4.90. The van der Waals surface area contributed by atoms with Crippen molar-refractivity contribution < 1.29 is 18.0 Å². The van der Waals surface area contributed by atoms with Gasteiger partial charge in [-0.25, -0.2) is 8.42 Å². The number of nitrogens with zero attached hydrogens (tertiary/aromatic N) is 2. The van der Waals surface area contributed by atoms with Crippen LogP contribution >= 0.6 is 34.5 Å². The van der Waals surface area contributed by atoms with E-state index in [1.807, 2.05) is 4.90 Å². The summed E-state index contributed by atoms with van der Waals surface area (Å²) in [6.45, 7) is 2.94. The zero-order valence-electron chi connectivity index (χ0n) is 16.0. The molecule has 1 aliphatic rings. The molecule has 0 spiro atoms. The van der Waals surface area contributed by atoms with E-state index < -0.39 is 22.0 Å². The Morgan fingerprint density at radius 1 is 1.13 bits per heavy atom. The van der Waals surface area contributed by atoms with E-state index in [0.717, 1.165) is 0 Å². The molecule has 3 N–H and O–H groups in total. The Labute approximate surface area is 188 Å². The maximum Gasteiger partial charge on any atom is 0.251 e. The minimum atomic E-state index is -3.71. The molecule has 1 aliphatic heterocycles. The number of thiophene rings is 1. The largest absolute Gasteiger partial charge is 0.366 e. The van der Waals surface area contributed by atoms with Crippen molar-refractivity contribution in [2.75, 3.05) is 31.5 Å². The van der Waals surface area contributed by atoms with Gasteiger partial charge in [0, 0.05) is 26.2 Å². The van der Waals surface area contributed by atoms with E-state index >= 15 is 0 Å². The van der Waals surface area contributed by atoms with Crippen molar-refractivity contribution >= 4 is 61.4 Å². The molecule has 1 saturated heterocycles. The molecule has 0 radical (unpaired) electrons. The first-order valence-corrected chi connectivity index (χ1v) is 12.1. The topological polar surface area (TPSA) is 113 Å². The van der Waals surface area contributed by atoms with Gasteiger partial charge in [0.05, 0.1) is 26.5 Å². The molecule has 3 rings (SSSR count). The Kier molecular flexibility index (Phi) is 7.05. The molecule has 162 valence electrons. The Morgan fingerprint density at radius 3 is 2.40 bits per heavy atom. The number of rotatable bonds is 6. The van der Waals surface area contributed by atoms with E-state index in [1.54, 1.807) is 18.4 Å². The highest BCUT2D eigenvalue weighted by Gasteiger charge is 2.32. The minimum absolute atomic E-state index is 0.0767. The number of nitrogens with two attached hydrogens (primary N) is 1. The summed E-state index contributed by atoms with van der Waals surface area (Å²) in [6.07, 6.45) is 0. The summed E-state index contributed by atoms with van der Waals surface area (Å²) < 4.78 is 27.1. The van der Waals surface area contributed by atoms with Crippen LogP contribution in [0.25, 0.3) is 0 Å². The Bertz CT molecular complexity index is 1070. The molecule has 0 unspecified atom stereocenters. The third kappa shape index (κ3) is 4.79. The molecule has 1 aromatic carbocycles. The van der Waals surface area contributed by atoms with E-state index in [9.17, 15) is 18.0 Å². The highest BCUT2D eigenvalue weighted by molar-refractivity contribution is 7.89. The van der Waals surface area contributed by atoms with Gasteiger partial charge in [-0.05, 0) is 36.6 Å². The minimum Gasteiger partial charge on any atom is -0.366 e. The van der Waals surface area contributed by atoms with E-state index in [2.05, 4.69) is 5.32 Å². The maximum atomic E-state index is 12.9. The number of sulfonamides is 1. The summed E-state index contributed by atoms with van der Waals surface area (Å²) in [5.74, 6) is -0.902. The Morgan fingerprint density at radius 2 is 1.80 bits per heavy atom. The fraction of sp³-hybridized carbons (Fsp3) is 0.333. The fourth-order valence-corrected chi connectivity index (χ4v) is 5.71. The molecule has 0 aliphatic carbocycles. The lowest BCUT2D eigenvalue weighted by Gasteiger charge is -2.36. The summed E-state index contributed by atoms with van der Waals surface area (Å²) in [4.78, 5) is 26.0. The number of anilines is 1. The van der Waals surface area contributed by atoms with Gasteiger partial charge in [0.15, 0.2) is 0 Å². The number of piperazine rings is 1. The van der Waals surface area contributed by atoms with E-state index in [-0.39, 0.29) is 39.5 Å². The highest BCUT2D eigenvalue weighted by atomic mass is 35.5. The van der Waals surface area contributed by atoms with Crippen LogP contribution in [-0.2, 0) is 14.8 Å². The number of primary amides is 1. The van der Waals surface area contributed by atoms with E-state index in [0.29, 0.717) is 18.1 Å². The van der Waals surface area contributed by atoms with Gasteiger partial charge < -0.3 is 11.1 Å². The number of hydrogen-bond acceptors (Lipinski definition) is 6. The van der Waals surface area contributed by atoms with Crippen molar-refractivity contribution in [3.63, 3.8) is 0 Å². The van der Waals surface area contributed by atoms with Crippen LogP contribution in [0.5, 0.6) is 0 Å². The first-order chi connectivity index (χ1) is 14.1. The SMILES string of the molecule is C[C@@H](C(=O)Nc1sccc1C(N)=O)N1CCN(S(=O)(=O)c2ccc(Cl)c(Cl)c2)CC1.